The molecule has 0 aliphatic rings. The third-order valence-corrected chi connectivity index (χ3v) is 2.13. The van der Waals surface area contributed by atoms with Crippen LogP contribution in [0, 0.1) is 5.92 Å². The van der Waals surface area contributed by atoms with Crippen LogP contribution in [-0.4, -0.2) is 6.10 Å². The van der Waals surface area contributed by atoms with E-state index in [9.17, 15) is 0 Å². The van der Waals surface area contributed by atoms with Gasteiger partial charge in [0.25, 0.3) is 0 Å². The molecule has 1 nitrogen and oxygen atoms in total. The molecule has 0 saturated heterocycles. The zero-order chi connectivity index (χ0) is 6.57. The molecule has 0 rings (SSSR count). The summed E-state index contributed by atoms with van der Waals surface area (Å²) >= 11 is 2.13. The molecule has 8 heavy (non-hydrogen) atoms. The first kappa shape index (κ1) is 9.04. The van der Waals surface area contributed by atoms with Gasteiger partial charge in [-0.15, -0.1) is 0 Å². The van der Waals surface area contributed by atoms with E-state index in [0.717, 1.165) is 0 Å². The van der Waals surface area contributed by atoms with Crippen molar-refractivity contribution in [3.05, 3.63) is 0 Å². The van der Waals surface area contributed by atoms with Gasteiger partial charge in [-0.25, -0.2) is 0 Å². The quantitative estimate of drug-likeness (QED) is 0.559. The zero-order valence-electron chi connectivity index (χ0n) is 5.35. The SMILES string of the molecule is CC(C)C(C)OSI. The molecule has 0 aliphatic heterocycles. The summed E-state index contributed by atoms with van der Waals surface area (Å²) in [7, 11) is 1.41. The van der Waals surface area contributed by atoms with Gasteiger partial charge < -0.3 is 4.18 Å². The molecule has 3 heteroatoms. The summed E-state index contributed by atoms with van der Waals surface area (Å²) in [6, 6.07) is 0. The van der Waals surface area contributed by atoms with E-state index in [1.165, 1.54) is 9.21 Å². The minimum atomic E-state index is 0.372. The molecule has 0 spiro atoms. The van der Waals surface area contributed by atoms with Crippen molar-refractivity contribution in [1.29, 1.82) is 0 Å². The first-order valence-corrected chi connectivity index (χ1v) is 5.91. The van der Waals surface area contributed by atoms with E-state index in [0.29, 0.717) is 12.0 Å². The third-order valence-electron chi connectivity index (χ3n) is 1.13. The van der Waals surface area contributed by atoms with E-state index >= 15 is 0 Å². The molecule has 0 bridgehead atoms. The summed E-state index contributed by atoms with van der Waals surface area (Å²) in [6.45, 7) is 6.38. The molecule has 0 aromatic rings. The normalized spacial score (nSPS) is 14.6. The lowest BCUT2D eigenvalue weighted by Crippen LogP contribution is -2.10. The van der Waals surface area contributed by atoms with Crippen molar-refractivity contribution in [3.63, 3.8) is 0 Å². The highest BCUT2D eigenvalue weighted by atomic mass is 127. The van der Waals surface area contributed by atoms with Gasteiger partial charge in [0.2, 0.25) is 0 Å². The maximum absolute atomic E-state index is 5.21. The highest BCUT2D eigenvalue weighted by molar-refractivity contribution is 14.2. The molecule has 0 N–H and O–H groups in total. The van der Waals surface area contributed by atoms with Crippen LogP contribution in [0.4, 0.5) is 0 Å². The Morgan fingerprint density at radius 2 is 1.88 bits per heavy atom. The largest absolute Gasteiger partial charge is 0.302 e. The van der Waals surface area contributed by atoms with E-state index in [1.54, 1.807) is 0 Å². The van der Waals surface area contributed by atoms with Gasteiger partial charge in [-0.3, -0.25) is 0 Å². The Morgan fingerprint density at radius 1 is 1.38 bits per heavy atom. The average molecular weight is 246 g/mol. The van der Waals surface area contributed by atoms with Crippen LogP contribution < -0.4 is 0 Å². The maximum atomic E-state index is 5.21. The number of hydrogen-bond acceptors (Lipinski definition) is 2. The van der Waals surface area contributed by atoms with Gasteiger partial charge in [-0.05, 0) is 12.8 Å². The van der Waals surface area contributed by atoms with Crippen LogP contribution in [0.2, 0.25) is 0 Å². The van der Waals surface area contributed by atoms with Crippen molar-refractivity contribution < 1.29 is 4.18 Å². The van der Waals surface area contributed by atoms with Crippen LogP contribution in [0.25, 0.3) is 0 Å². The van der Waals surface area contributed by atoms with Gasteiger partial charge in [0.1, 0.15) is 0 Å². The Morgan fingerprint density at radius 3 is 2.00 bits per heavy atom. The Hall–Kier alpha value is 1.04. The topological polar surface area (TPSA) is 9.23 Å². The highest BCUT2D eigenvalue weighted by Gasteiger charge is 2.05. The van der Waals surface area contributed by atoms with Crippen molar-refractivity contribution in [1.82, 2.24) is 0 Å². The van der Waals surface area contributed by atoms with Crippen LogP contribution in [0.5, 0.6) is 0 Å². The molecule has 0 radical (unpaired) electrons. The first-order chi connectivity index (χ1) is 3.68. The monoisotopic (exact) mass is 246 g/mol. The van der Waals surface area contributed by atoms with Gasteiger partial charge in [-0.2, -0.15) is 0 Å². The van der Waals surface area contributed by atoms with E-state index < -0.39 is 0 Å². The van der Waals surface area contributed by atoms with Crippen LogP contribution in [0.1, 0.15) is 20.8 Å². The lowest BCUT2D eigenvalue weighted by atomic mass is 10.1. The summed E-state index contributed by atoms with van der Waals surface area (Å²) < 4.78 is 5.21. The highest BCUT2D eigenvalue weighted by Crippen LogP contribution is 2.19. The number of hydrogen-bond donors (Lipinski definition) is 0. The summed E-state index contributed by atoms with van der Waals surface area (Å²) in [5.41, 5.74) is 0. The van der Waals surface area contributed by atoms with Crippen LogP contribution in [0.3, 0.4) is 0 Å². The molecular weight excluding hydrogens is 235 g/mol. The van der Waals surface area contributed by atoms with Crippen LogP contribution in [0.15, 0.2) is 0 Å². The van der Waals surface area contributed by atoms with Crippen LogP contribution >= 0.6 is 30.4 Å². The Labute approximate surface area is 67.4 Å². The Bertz CT molecular complexity index is 58.4. The van der Waals surface area contributed by atoms with E-state index in [4.69, 9.17) is 4.18 Å². The lowest BCUT2D eigenvalue weighted by Gasteiger charge is -2.11. The minimum Gasteiger partial charge on any atom is -0.302 e. The first-order valence-electron chi connectivity index (χ1n) is 2.62. The molecule has 50 valence electrons. The van der Waals surface area contributed by atoms with Crippen molar-refractivity contribution in [2.24, 2.45) is 5.92 Å². The number of halogens is 1. The zero-order valence-corrected chi connectivity index (χ0v) is 8.32. The average Bonchev–Trinajstić information content (AvgIpc) is 1.67. The second-order valence-corrected chi connectivity index (χ2v) is 3.51. The Balaban J connectivity index is 3.17. The summed E-state index contributed by atoms with van der Waals surface area (Å²) in [6.07, 6.45) is 0.372. The molecule has 0 fully saturated rings. The van der Waals surface area contributed by atoms with E-state index in [-0.39, 0.29) is 0 Å². The van der Waals surface area contributed by atoms with Gasteiger partial charge >= 0.3 is 0 Å². The van der Waals surface area contributed by atoms with E-state index in [2.05, 4.69) is 42.0 Å². The fourth-order valence-corrected chi connectivity index (χ4v) is 1.49. The molecule has 0 aromatic carbocycles. The third kappa shape index (κ3) is 3.97. The molecule has 0 aromatic heterocycles. The fraction of sp³-hybridized carbons (Fsp3) is 1.00. The molecule has 0 heterocycles. The van der Waals surface area contributed by atoms with E-state index in [1.807, 2.05) is 0 Å². The molecule has 1 unspecified atom stereocenters. The fourth-order valence-electron chi connectivity index (χ4n) is 0.168. The molecule has 0 aliphatic carbocycles. The van der Waals surface area contributed by atoms with Gasteiger partial charge in [0.05, 0.1) is 15.3 Å². The predicted molar refractivity (Wildman–Crippen MR) is 47.0 cm³/mol. The molecule has 0 saturated carbocycles. The van der Waals surface area contributed by atoms with Gasteiger partial charge in [0.15, 0.2) is 0 Å². The van der Waals surface area contributed by atoms with Gasteiger partial charge in [-0.1, -0.05) is 13.8 Å². The second kappa shape index (κ2) is 4.88. The standard InChI is InChI=1S/C5H11IOS/c1-4(2)5(3)7-8-6/h4-5H,1-3H3. The smallest absolute Gasteiger partial charge is 0.0726 e. The Kier molecular flexibility index (Phi) is 5.51. The molecular formula is C5H11IOS. The second-order valence-electron chi connectivity index (χ2n) is 2.11. The van der Waals surface area contributed by atoms with Crippen molar-refractivity contribution in [2.75, 3.05) is 0 Å². The summed E-state index contributed by atoms with van der Waals surface area (Å²) in [5.74, 6) is 0.622. The maximum Gasteiger partial charge on any atom is 0.0726 e. The summed E-state index contributed by atoms with van der Waals surface area (Å²) in [5, 5.41) is 0. The molecule has 1 atom stereocenters. The van der Waals surface area contributed by atoms with Crippen molar-refractivity contribution >= 4 is 30.4 Å². The minimum absolute atomic E-state index is 0.372. The lowest BCUT2D eigenvalue weighted by molar-refractivity contribution is 0.208. The van der Waals surface area contributed by atoms with Crippen molar-refractivity contribution in [3.8, 4) is 0 Å². The van der Waals surface area contributed by atoms with Crippen molar-refractivity contribution in [2.45, 2.75) is 26.9 Å². The van der Waals surface area contributed by atoms with Crippen LogP contribution in [-0.2, 0) is 4.18 Å². The van der Waals surface area contributed by atoms with Gasteiger partial charge in [0, 0.05) is 21.2 Å². The predicted octanol–water partition coefficient (Wildman–Crippen LogP) is 3.05. The molecule has 0 amide bonds. The number of rotatable bonds is 3. The summed E-state index contributed by atoms with van der Waals surface area (Å²) in [4.78, 5) is 0.